The summed E-state index contributed by atoms with van der Waals surface area (Å²) in [5.74, 6) is 0. The normalized spacial score (nSPS) is 23.7. The molecule has 0 heterocycles. The molecule has 0 bridgehead atoms. The van der Waals surface area contributed by atoms with Gasteiger partial charge >= 0.3 is 0 Å². The van der Waals surface area contributed by atoms with Crippen molar-refractivity contribution in [2.24, 2.45) is 0 Å². The Balaban J connectivity index is 2.18. The van der Waals surface area contributed by atoms with E-state index >= 15 is 0 Å². The summed E-state index contributed by atoms with van der Waals surface area (Å²) in [6.07, 6.45) is 16.2. The van der Waals surface area contributed by atoms with Crippen LogP contribution >= 0.6 is 7.92 Å². The highest BCUT2D eigenvalue weighted by Gasteiger charge is 2.42. The van der Waals surface area contributed by atoms with Crippen LogP contribution in [0.5, 0.6) is 0 Å². The summed E-state index contributed by atoms with van der Waals surface area (Å²) < 4.78 is 27.7. The van der Waals surface area contributed by atoms with Crippen molar-refractivity contribution in [1.29, 1.82) is 0 Å². The lowest BCUT2D eigenvalue weighted by Gasteiger charge is -2.23. The molecule has 1 aliphatic rings. The number of hydrogen-bond acceptors (Lipinski definition) is 0. The Hall–Kier alpha value is -0.230. The molecule has 0 saturated heterocycles. The highest BCUT2D eigenvalue weighted by molar-refractivity contribution is 7.59. The zero-order chi connectivity index (χ0) is 14.0. The second-order valence-corrected chi connectivity index (χ2v) is 8.27. The summed E-state index contributed by atoms with van der Waals surface area (Å²) in [6.45, 7) is 2.21. The Labute approximate surface area is 118 Å². The fourth-order valence-electron chi connectivity index (χ4n) is 2.54. The summed E-state index contributed by atoms with van der Waals surface area (Å²) in [4.78, 5) is 0. The van der Waals surface area contributed by atoms with Crippen LogP contribution in [0.3, 0.4) is 0 Å². The maximum absolute atomic E-state index is 14.6. The summed E-state index contributed by atoms with van der Waals surface area (Å²) >= 11 is 0. The first-order chi connectivity index (χ1) is 9.23. The van der Waals surface area contributed by atoms with Crippen molar-refractivity contribution < 1.29 is 8.78 Å². The number of unbranched alkanes of at least 4 members (excludes halogenated alkanes) is 6. The number of alkyl halides is 2. The lowest BCUT2D eigenvalue weighted by atomic mass is 10.1. The summed E-state index contributed by atoms with van der Waals surface area (Å²) in [6, 6.07) is 0. The van der Waals surface area contributed by atoms with Crippen LogP contribution in [0.15, 0.2) is 24.3 Å². The fraction of sp³-hybridized carbons (Fsp3) is 0.750. The van der Waals surface area contributed by atoms with Gasteiger partial charge in [-0.3, -0.25) is 0 Å². The van der Waals surface area contributed by atoms with E-state index in [2.05, 4.69) is 6.92 Å². The average Bonchev–Trinajstić information content (AvgIpc) is 2.42. The molecular weight excluding hydrogens is 261 g/mol. The van der Waals surface area contributed by atoms with Crippen LogP contribution in [-0.4, -0.2) is 18.0 Å². The summed E-state index contributed by atoms with van der Waals surface area (Å²) in [5, 5.41) is -1.35. The van der Waals surface area contributed by atoms with Crippen molar-refractivity contribution >= 4 is 7.92 Å². The van der Waals surface area contributed by atoms with Crippen molar-refractivity contribution in [2.75, 3.05) is 12.6 Å². The van der Waals surface area contributed by atoms with Gasteiger partial charge in [-0.15, -0.1) is 0 Å². The molecule has 19 heavy (non-hydrogen) atoms. The van der Waals surface area contributed by atoms with E-state index in [-0.39, 0.29) is 0 Å². The molecule has 0 radical (unpaired) electrons. The minimum Gasteiger partial charge on any atom is -0.206 e. The third-order valence-corrected chi connectivity index (χ3v) is 6.68. The number of hydrogen-bond donors (Lipinski definition) is 0. The first-order valence-electron chi connectivity index (χ1n) is 7.67. The molecule has 1 aliphatic carbocycles. The van der Waals surface area contributed by atoms with Crippen LogP contribution in [-0.2, 0) is 0 Å². The van der Waals surface area contributed by atoms with Crippen LogP contribution in [0.1, 0.15) is 58.3 Å². The zero-order valence-electron chi connectivity index (χ0n) is 12.1. The van der Waals surface area contributed by atoms with Gasteiger partial charge in [-0.25, -0.2) is 4.39 Å². The second kappa shape index (κ2) is 9.64. The minimum absolute atomic E-state index is 0.373. The van der Waals surface area contributed by atoms with Gasteiger partial charge in [0.2, 0.25) is 5.41 Å². The van der Waals surface area contributed by atoms with E-state index in [1.165, 1.54) is 32.1 Å². The molecule has 0 aromatic rings. The van der Waals surface area contributed by atoms with Gasteiger partial charge < -0.3 is 0 Å². The predicted octanol–water partition coefficient (Wildman–Crippen LogP) is 6.06. The monoisotopic (exact) mass is 289 g/mol. The number of rotatable bonds is 10. The van der Waals surface area contributed by atoms with Gasteiger partial charge in [0.1, 0.15) is 0 Å². The fourth-order valence-corrected chi connectivity index (χ4v) is 4.72. The minimum atomic E-state index is -1.55. The molecule has 0 aromatic carbocycles. The van der Waals surface area contributed by atoms with E-state index in [4.69, 9.17) is 0 Å². The largest absolute Gasteiger partial charge is 0.236 e. The quantitative estimate of drug-likeness (QED) is 0.339. The van der Waals surface area contributed by atoms with Crippen LogP contribution in [0.25, 0.3) is 0 Å². The molecule has 0 nitrogen and oxygen atoms in total. The molecule has 2 unspecified atom stereocenters. The third kappa shape index (κ3) is 6.17. The van der Waals surface area contributed by atoms with E-state index in [0.29, 0.717) is 6.42 Å². The van der Waals surface area contributed by atoms with Gasteiger partial charge in [-0.2, -0.15) is 4.39 Å². The van der Waals surface area contributed by atoms with E-state index in [1.807, 2.05) is 12.2 Å². The Morgan fingerprint density at radius 1 is 1.05 bits per heavy atom. The van der Waals surface area contributed by atoms with Crippen molar-refractivity contribution in [1.82, 2.24) is 0 Å². The van der Waals surface area contributed by atoms with Gasteiger partial charge in [0, 0.05) is 6.42 Å². The molecule has 0 saturated carbocycles. The molecule has 0 fully saturated rings. The van der Waals surface area contributed by atoms with Gasteiger partial charge in [0.15, 0.2) is 6.42 Å². The SMILES string of the molecule is CCCCCCCCC[PH+](CF)C1(F)C=CC=CC1. The van der Waals surface area contributed by atoms with Crippen LogP contribution < -0.4 is 0 Å². The van der Waals surface area contributed by atoms with Crippen molar-refractivity contribution in [3.05, 3.63) is 24.3 Å². The van der Waals surface area contributed by atoms with E-state index < -0.39 is 19.7 Å². The summed E-state index contributed by atoms with van der Waals surface area (Å²) in [7, 11) is -1.55. The Morgan fingerprint density at radius 3 is 2.32 bits per heavy atom. The van der Waals surface area contributed by atoms with Gasteiger partial charge in [0.25, 0.3) is 0 Å². The summed E-state index contributed by atoms with van der Waals surface area (Å²) in [5.41, 5.74) is 0. The molecule has 0 aromatic heterocycles. The van der Waals surface area contributed by atoms with E-state index in [9.17, 15) is 8.78 Å². The molecule has 0 N–H and O–H groups in total. The van der Waals surface area contributed by atoms with E-state index in [0.717, 1.165) is 19.0 Å². The zero-order valence-corrected chi connectivity index (χ0v) is 13.1. The van der Waals surface area contributed by atoms with Crippen LogP contribution in [0.4, 0.5) is 8.78 Å². The maximum Gasteiger partial charge on any atom is 0.236 e. The Kier molecular flexibility index (Phi) is 8.53. The van der Waals surface area contributed by atoms with Crippen LogP contribution in [0.2, 0.25) is 0 Å². The van der Waals surface area contributed by atoms with Gasteiger partial charge in [-0.05, 0) is 18.9 Å². The topological polar surface area (TPSA) is 0 Å². The predicted molar refractivity (Wildman–Crippen MR) is 83.9 cm³/mol. The molecule has 3 heteroatoms. The van der Waals surface area contributed by atoms with E-state index in [1.54, 1.807) is 12.2 Å². The smallest absolute Gasteiger partial charge is 0.206 e. The molecule has 110 valence electrons. The first-order valence-corrected chi connectivity index (χ1v) is 9.59. The van der Waals surface area contributed by atoms with Crippen molar-refractivity contribution in [2.45, 2.75) is 63.7 Å². The number of allylic oxidation sites excluding steroid dienone is 4. The molecule has 2 atom stereocenters. The third-order valence-electron chi connectivity index (χ3n) is 3.85. The first kappa shape index (κ1) is 16.8. The van der Waals surface area contributed by atoms with Gasteiger partial charge in [-0.1, -0.05) is 57.3 Å². The average molecular weight is 289 g/mol. The number of halogens is 2. The molecular formula is C16H28F2P+. The maximum atomic E-state index is 14.6. The Morgan fingerprint density at radius 2 is 1.74 bits per heavy atom. The highest BCUT2D eigenvalue weighted by atomic mass is 31.1. The molecule has 0 aliphatic heterocycles. The standard InChI is InChI=1S/C16H27F2P/c1-2-3-4-5-6-7-11-14-19(15-17)16(18)12-9-8-10-13-16/h8-10,12H,2-7,11,13-15H2,1H3/p+1. The molecule has 0 spiro atoms. The lowest BCUT2D eigenvalue weighted by molar-refractivity contribution is 0.343. The second-order valence-electron chi connectivity index (χ2n) is 5.46. The Bertz CT molecular complexity index is 288. The van der Waals surface area contributed by atoms with Gasteiger partial charge in [0.05, 0.1) is 14.1 Å². The lowest BCUT2D eigenvalue weighted by Crippen LogP contribution is -2.20. The highest BCUT2D eigenvalue weighted by Crippen LogP contribution is 2.55. The molecule has 1 rings (SSSR count). The van der Waals surface area contributed by atoms with Crippen molar-refractivity contribution in [3.63, 3.8) is 0 Å². The van der Waals surface area contributed by atoms with Crippen LogP contribution in [0, 0.1) is 0 Å². The molecule has 0 amide bonds. The van der Waals surface area contributed by atoms with Crippen molar-refractivity contribution in [3.8, 4) is 0 Å².